The standard InChI is InChI=1S/C13H20N4O2S/c1-9-5-6-11-13(10(9)2)16-12(15-11)7-8-14-20(18,19)17(3)4/h5-6,14H,7-8H2,1-4H3,(H,15,16). The molecule has 1 aromatic carbocycles. The van der Waals surface area contributed by atoms with Crippen LogP contribution >= 0.6 is 0 Å². The van der Waals surface area contributed by atoms with Gasteiger partial charge in [0, 0.05) is 27.1 Å². The molecular formula is C13H20N4O2S. The molecule has 0 saturated heterocycles. The molecule has 110 valence electrons. The third kappa shape index (κ3) is 3.00. The number of aromatic amines is 1. The van der Waals surface area contributed by atoms with Crippen LogP contribution in [0.25, 0.3) is 11.0 Å². The number of rotatable bonds is 5. The topological polar surface area (TPSA) is 78.1 Å². The summed E-state index contributed by atoms with van der Waals surface area (Å²) in [5.74, 6) is 0.787. The van der Waals surface area contributed by atoms with Crippen molar-refractivity contribution in [3.05, 3.63) is 29.1 Å². The lowest BCUT2D eigenvalue weighted by molar-refractivity contribution is 0.505. The second kappa shape index (κ2) is 5.51. The number of fused-ring (bicyclic) bond motifs is 1. The molecule has 0 aliphatic heterocycles. The van der Waals surface area contributed by atoms with Crippen molar-refractivity contribution in [2.75, 3.05) is 20.6 Å². The van der Waals surface area contributed by atoms with Crippen LogP contribution in [-0.2, 0) is 16.6 Å². The first-order chi connectivity index (χ1) is 9.31. The molecule has 0 atom stereocenters. The quantitative estimate of drug-likeness (QED) is 0.868. The van der Waals surface area contributed by atoms with Gasteiger partial charge in [0.05, 0.1) is 11.0 Å². The maximum atomic E-state index is 11.6. The molecule has 6 nitrogen and oxygen atoms in total. The number of imidazole rings is 1. The Labute approximate surface area is 119 Å². The Morgan fingerprint density at radius 1 is 1.30 bits per heavy atom. The summed E-state index contributed by atoms with van der Waals surface area (Å²) in [7, 11) is -0.380. The number of hydrogen-bond acceptors (Lipinski definition) is 3. The van der Waals surface area contributed by atoms with Gasteiger partial charge in [-0.15, -0.1) is 0 Å². The van der Waals surface area contributed by atoms with Crippen LogP contribution in [0.5, 0.6) is 0 Å². The third-order valence-electron chi connectivity index (χ3n) is 3.35. The minimum Gasteiger partial charge on any atom is -0.342 e. The van der Waals surface area contributed by atoms with Crippen LogP contribution < -0.4 is 4.72 Å². The maximum absolute atomic E-state index is 11.6. The number of H-pyrrole nitrogens is 1. The Hall–Kier alpha value is -1.44. The minimum atomic E-state index is -3.37. The Balaban J connectivity index is 2.10. The van der Waals surface area contributed by atoms with E-state index in [2.05, 4.69) is 14.7 Å². The predicted octanol–water partition coefficient (Wildman–Crippen LogP) is 1.12. The average Bonchev–Trinajstić information content (AvgIpc) is 2.77. The molecule has 0 spiro atoms. The third-order valence-corrected chi connectivity index (χ3v) is 4.88. The molecule has 0 unspecified atom stereocenters. The Morgan fingerprint density at radius 2 is 2.00 bits per heavy atom. The van der Waals surface area contributed by atoms with Crippen molar-refractivity contribution < 1.29 is 8.42 Å². The molecule has 2 aromatic rings. The summed E-state index contributed by atoms with van der Waals surface area (Å²) in [6, 6.07) is 4.05. The lowest BCUT2D eigenvalue weighted by Gasteiger charge is -2.11. The molecule has 0 amide bonds. The van der Waals surface area contributed by atoms with E-state index >= 15 is 0 Å². The highest BCUT2D eigenvalue weighted by molar-refractivity contribution is 7.87. The molecule has 0 fully saturated rings. The first-order valence-corrected chi connectivity index (χ1v) is 7.87. The number of aryl methyl sites for hydroxylation is 2. The molecule has 0 aliphatic carbocycles. The molecule has 7 heteroatoms. The number of aromatic nitrogens is 2. The molecule has 20 heavy (non-hydrogen) atoms. The zero-order valence-corrected chi connectivity index (χ0v) is 13.0. The lowest BCUT2D eigenvalue weighted by atomic mass is 10.1. The second-order valence-corrected chi connectivity index (χ2v) is 6.99. The van der Waals surface area contributed by atoms with Gasteiger partial charge in [-0.1, -0.05) is 6.07 Å². The lowest BCUT2D eigenvalue weighted by Crippen LogP contribution is -2.36. The van der Waals surface area contributed by atoms with Gasteiger partial charge in [0.2, 0.25) is 0 Å². The Kier molecular flexibility index (Phi) is 4.12. The fourth-order valence-electron chi connectivity index (χ4n) is 1.91. The van der Waals surface area contributed by atoms with Crippen molar-refractivity contribution in [2.24, 2.45) is 0 Å². The van der Waals surface area contributed by atoms with Gasteiger partial charge in [-0.05, 0) is 31.0 Å². The normalized spacial score (nSPS) is 12.4. The molecule has 0 aliphatic rings. The van der Waals surface area contributed by atoms with Crippen molar-refractivity contribution in [3.8, 4) is 0 Å². The number of hydrogen-bond donors (Lipinski definition) is 2. The smallest absolute Gasteiger partial charge is 0.278 e. The van der Waals surface area contributed by atoms with Crippen LogP contribution in [0.4, 0.5) is 0 Å². The van der Waals surface area contributed by atoms with Crippen LogP contribution in [-0.4, -0.2) is 43.3 Å². The highest BCUT2D eigenvalue weighted by atomic mass is 32.2. The van der Waals surface area contributed by atoms with Gasteiger partial charge >= 0.3 is 0 Å². The first-order valence-electron chi connectivity index (χ1n) is 6.43. The van der Waals surface area contributed by atoms with Gasteiger partial charge in [0.25, 0.3) is 10.2 Å². The average molecular weight is 296 g/mol. The van der Waals surface area contributed by atoms with Gasteiger partial charge in [-0.25, -0.2) is 9.71 Å². The zero-order valence-electron chi connectivity index (χ0n) is 12.2. The summed E-state index contributed by atoms with van der Waals surface area (Å²) < 4.78 is 26.8. The number of nitrogens with zero attached hydrogens (tertiary/aromatic N) is 2. The van der Waals surface area contributed by atoms with Crippen LogP contribution in [0.1, 0.15) is 17.0 Å². The molecule has 0 saturated carbocycles. The molecule has 0 bridgehead atoms. The Morgan fingerprint density at radius 3 is 2.65 bits per heavy atom. The van der Waals surface area contributed by atoms with Crippen molar-refractivity contribution in [1.29, 1.82) is 0 Å². The zero-order chi connectivity index (χ0) is 14.9. The number of nitrogens with one attached hydrogen (secondary N) is 2. The predicted molar refractivity (Wildman–Crippen MR) is 79.9 cm³/mol. The molecule has 2 rings (SSSR count). The molecule has 0 radical (unpaired) electrons. The maximum Gasteiger partial charge on any atom is 0.278 e. The first kappa shape index (κ1) is 15.0. The van der Waals surface area contributed by atoms with E-state index in [1.54, 1.807) is 0 Å². The molecule has 1 heterocycles. The molecule has 1 aromatic heterocycles. The van der Waals surface area contributed by atoms with E-state index in [9.17, 15) is 8.42 Å². The largest absolute Gasteiger partial charge is 0.342 e. The van der Waals surface area contributed by atoms with Gasteiger partial charge in [-0.3, -0.25) is 0 Å². The van der Waals surface area contributed by atoms with Gasteiger partial charge in [-0.2, -0.15) is 12.7 Å². The van der Waals surface area contributed by atoms with Crippen LogP contribution in [0.3, 0.4) is 0 Å². The Bertz CT molecular complexity index is 719. The van der Waals surface area contributed by atoms with Crippen molar-refractivity contribution in [2.45, 2.75) is 20.3 Å². The van der Waals surface area contributed by atoms with Gasteiger partial charge < -0.3 is 4.98 Å². The van der Waals surface area contributed by atoms with Crippen LogP contribution in [0, 0.1) is 13.8 Å². The summed E-state index contributed by atoms with van der Waals surface area (Å²) in [6.45, 7) is 4.41. The van der Waals surface area contributed by atoms with E-state index in [0.29, 0.717) is 13.0 Å². The van der Waals surface area contributed by atoms with Crippen LogP contribution in [0.15, 0.2) is 12.1 Å². The van der Waals surface area contributed by atoms with E-state index in [4.69, 9.17) is 0 Å². The van der Waals surface area contributed by atoms with Crippen molar-refractivity contribution in [3.63, 3.8) is 0 Å². The minimum absolute atomic E-state index is 0.318. The second-order valence-electron chi connectivity index (χ2n) is 5.02. The fourth-order valence-corrected chi connectivity index (χ4v) is 2.53. The SMILES string of the molecule is Cc1ccc2[nH]c(CCNS(=O)(=O)N(C)C)nc2c1C. The van der Waals surface area contributed by atoms with E-state index in [-0.39, 0.29) is 0 Å². The molecule has 2 N–H and O–H groups in total. The molecular weight excluding hydrogens is 276 g/mol. The fraction of sp³-hybridized carbons (Fsp3) is 0.462. The highest BCUT2D eigenvalue weighted by Gasteiger charge is 2.12. The number of benzene rings is 1. The van der Waals surface area contributed by atoms with Crippen molar-refractivity contribution in [1.82, 2.24) is 19.0 Å². The van der Waals surface area contributed by atoms with Crippen LogP contribution in [0.2, 0.25) is 0 Å². The van der Waals surface area contributed by atoms with Gasteiger partial charge in [0.1, 0.15) is 5.82 Å². The van der Waals surface area contributed by atoms with E-state index < -0.39 is 10.2 Å². The van der Waals surface area contributed by atoms with Crippen molar-refractivity contribution >= 4 is 21.2 Å². The summed E-state index contributed by atoms with van der Waals surface area (Å²) in [6.07, 6.45) is 0.528. The summed E-state index contributed by atoms with van der Waals surface area (Å²) >= 11 is 0. The summed E-state index contributed by atoms with van der Waals surface area (Å²) in [4.78, 5) is 7.75. The van der Waals surface area contributed by atoms with Gasteiger partial charge in [0.15, 0.2) is 0 Å². The van der Waals surface area contributed by atoms with E-state index in [1.165, 1.54) is 19.7 Å². The van der Waals surface area contributed by atoms with E-state index in [0.717, 1.165) is 26.7 Å². The highest BCUT2D eigenvalue weighted by Crippen LogP contribution is 2.19. The van der Waals surface area contributed by atoms with E-state index in [1.807, 2.05) is 26.0 Å². The monoisotopic (exact) mass is 296 g/mol. The summed E-state index contributed by atoms with van der Waals surface area (Å²) in [5, 5.41) is 0. The summed E-state index contributed by atoms with van der Waals surface area (Å²) in [5.41, 5.74) is 4.29.